The van der Waals surface area contributed by atoms with Gasteiger partial charge in [0.15, 0.2) is 0 Å². The number of anilines is 1. The molecule has 1 saturated carbocycles. The third kappa shape index (κ3) is 3.47. The zero-order chi connectivity index (χ0) is 13.8. The minimum Gasteiger partial charge on any atom is -0.369 e. The van der Waals surface area contributed by atoms with E-state index in [4.69, 9.17) is 0 Å². The molecule has 2 nitrogen and oxygen atoms in total. The molecule has 0 amide bonds. The molecule has 1 aliphatic rings. The summed E-state index contributed by atoms with van der Waals surface area (Å²) in [4.78, 5) is 2.20. The molecule has 19 heavy (non-hydrogen) atoms. The van der Waals surface area contributed by atoms with Gasteiger partial charge in [-0.25, -0.2) is 4.39 Å². The van der Waals surface area contributed by atoms with Gasteiger partial charge in [-0.3, -0.25) is 0 Å². The van der Waals surface area contributed by atoms with Gasteiger partial charge < -0.3 is 10.2 Å². The first kappa shape index (κ1) is 14.3. The summed E-state index contributed by atoms with van der Waals surface area (Å²) in [6.07, 6.45) is 2.59. The second kappa shape index (κ2) is 6.38. The molecule has 1 aliphatic carbocycles. The van der Waals surface area contributed by atoms with Gasteiger partial charge in [-0.1, -0.05) is 19.1 Å². The lowest BCUT2D eigenvalue weighted by molar-refractivity contribution is 0.574. The summed E-state index contributed by atoms with van der Waals surface area (Å²) in [6.45, 7) is 9.04. The maximum absolute atomic E-state index is 14.3. The Morgan fingerprint density at radius 1 is 1.37 bits per heavy atom. The summed E-state index contributed by atoms with van der Waals surface area (Å²) >= 11 is 0. The predicted molar refractivity (Wildman–Crippen MR) is 79.1 cm³/mol. The van der Waals surface area contributed by atoms with E-state index < -0.39 is 0 Å². The Hall–Kier alpha value is -1.09. The van der Waals surface area contributed by atoms with Crippen LogP contribution in [0.3, 0.4) is 0 Å². The van der Waals surface area contributed by atoms with Crippen LogP contribution in [0.2, 0.25) is 0 Å². The number of rotatable bonds is 7. The number of benzene rings is 1. The minimum absolute atomic E-state index is 0.0928. The fraction of sp³-hybridized carbons (Fsp3) is 0.625. The Morgan fingerprint density at radius 3 is 2.68 bits per heavy atom. The molecular weight excluding hydrogens is 239 g/mol. The SMILES string of the molecule is CCNC(C)c1cccc(F)c1N(CC)CC1CC1. The second-order valence-electron chi connectivity index (χ2n) is 5.44. The average Bonchev–Trinajstić information content (AvgIpc) is 3.20. The van der Waals surface area contributed by atoms with Crippen molar-refractivity contribution in [2.75, 3.05) is 24.5 Å². The van der Waals surface area contributed by atoms with Crippen LogP contribution in [0.25, 0.3) is 0 Å². The van der Waals surface area contributed by atoms with E-state index in [1.165, 1.54) is 12.8 Å². The third-order valence-electron chi connectivity index (χ3n) is 3.87. The van der Waals surface area contributed by atoms with Crippen LogP contribution in [0.1, 0.15) is 45.2 Å². The Morgan fingerprint density at radius 2 is 2.11 bits per heavy atom. The first-order chi connectivity index (χ1) is 9.17. The third-order valence-corrected chi connectivity index (χ3v) is 3.87. The Labute approximate surface area is 116 Å². The van der Waals surface area contributed by atoms with Gasteiger partial charge in [0, 0.05) is 19.1 Å². The van der Waals surface area contributed by atoms with Crippen molar-refractivity contribution in [3.05, 3.63) is 29.6 Å². The molecule has 0 aromatic heterocycles. The molecule has 1 aromatic carbocycles. The topological polar surface area (TPSA) is 15.3 Å². The van der Waals surface area contributed by atoms with Crippen LogP contribution >= 0.6 is 0 Å². The molecule has 0 radical (unpaired) electrons. The van der Waals surface area contributed by atoms with Gasteiger partial charge in [0.25, 0.3) is 0 Å². The van der Waals surface area contributed by atoms with Crippen molar-refractivity contribution in [2.45, 2.75) is 39.7 Å². The first-order valence-electron chi connectivity index (χ1n) is 7.44. The Kier molecular flexibility index (Phi) is 4.81. The summed E-state index contributed by atoms with van der Waals surface area (Å²) in [7, 11) is 0. The number of hydrogen-bond donors (Lipinski definition) is 1. The van der Waals surface area contributed by atoms with E-state index in [1.807, 2.05) is 12.1 Å². The highest BCUT2D eigenvalue weighted by Crippen LogP contribution is 2.35. The van der Waals surface area contributed by atoms with Gasteiger partial charge in [0.05, 0.1) is 5.69 Å². The van der Waals surface area contributed by atoms with Gasteiger partial charge in [-0.15, -0.1) is 0 Å². The maximum Gasteiger partial charge on any atom is 0.146 e. The molecule has 1 unspecified atom stereocenters. The summed E-state index contributed by atoms with van der Waals surface area (Å²) in [5, 5.41) is 3.38. The molecule has 1 fully saturated rings. The minimum atomic E-state index is -0.0928. The Bertz CT molecular complexity index is 415. The number of nitrogens with zero attached hydrogens (tertiary/aromatic N) is 1. The molecule has 1 N–H and O–H groups in total. The van der Waals surface area contributed by atoms with Gasteiger partial charge in [-0.2, -0.15) is 0 Å². The highest BCUT2D eigenvalue weighted by molar-refractivity contribution is 5.56. The second-order valence-corrected chi connectivity index (χ2v) is 5.44. The zero-order valence-corrected chi connectivity index (χ0v) is 12.2. The Balaban J connectivity index is 2.29. The summed E-state index contributed by atoms with van der Waals surface area (Å²) < 4.78 is 14.3. The van der Waals surface area contributed by atoms with E-state index in [9.17, 15) is 4.39 Å². The van der Waals surface area contributed by atoms with Crippen LogP contribution in [-0.4, -0.2) is 19.6 Å². The van der Waals surface area contributed by atoms with E-state index in [1.54, 1.807) is 6.07 Å². The number of hydrogen-bond acceptors (Lipinski definition) is 2. The maximum atomic E-state index is 14.3. The van der Waals surface area contributed by atoms with Crippen molar-refractivity contribution in [2.24, 2.45) is 5.92 Å². The van der Waals surface area contributed by atoms with Crippen molar-refractivity contribution in [3.8, 4) is 0 Å². The lowest BCUT2D eigenvalue weighted by Gasteiger charge is -2.28. The number of para-hydroxylation sites is 1. The zero-order valence-electron chi connectivity index (χ0n) is 12.2. The van der Waals surface area contributed by atoms with Crippen molar-refractivity contribution in [1.82, 2.24) is 5.32 Å². The molecule has 1 aromatic rings. The fourth-order valence-corrected chi connectivity index (χ4v) is 2.62. The van der Waals surface area contributed by atoms with Crippen molar-refractivity contribution in [1.29, 1.82) is 0 Å². The normalized spacial score (nSPS) is 16.4. The molecular formula is C16H25FN2. The highest BCUT2D eigenvalue weighted by Gasteiger charge is 2.26. The number of halogens is 1. The molecule has 2 rings (SSSR count). The molecule has 0 bridgehead atoms. The van der Waals surface area contributed by atoms with E-state index in [-0.39, 0.29) is 11.9 Å². The predicted octanol–water partition coefficient (Wildman–Crippen LogP) is 3.73. The average molecular weight is 264 g/mol. The van der Waals surface area contributed by atoms with Crippen LogP contribution in [0.15, 0.2) is 18.2 Å². The van der Waals surface area contributed by atoms with Crippen molar-refractivity contribution >= 4 is 5.69 Å². The lowest BCUT2D eigenvalue weighted by atomic mass is 10.0. The summed E-state index contributed by atoms with van der Waals surface area (Å²) in [6, 6.07) is 5.62. The number of nitrogens with one attached hydrogen (secondary N) is 1. The molecule has 0 spiro atoms. The largest absolute Gasteiger partial charge is 0.369 e. The van der Waals surface area contributed by atoms with Crippen LogP contribution in [-0.2, 0) is 0 Å². The summed E-state index contributed by atoms with van der Waals surface area (Å²) in [5.74, 6) is 0.673. The van der Waals surface area contributed by atoms with E-state index in [2.05, 4.69) is 31.0 Å². The van der Waals surface area contributed by atoms with Gasteiger partial charge in [-0.05, 0) is 50.8 Å². The van der Waals surface area contributed by atoms with Crippen LogP contribution in [0, 0.1) is 11.7 Å². The molecule has 0 aliphatic heterocycles. The van der Waals surface area contributed by atoms with Crippen molar-refractivity contribution in [3.63, 3.8) is 0 Å². The van der Waals surface area contributed by atoms with Crippen LogP contribution in [0.5, 0.6) is 0 Å². The smallest absolute Gasteiger partial charge is 0.146 e. The monoisotopic (exact) mass is 264 g/mol. The first-order valence-corrected chi connectivity index (χ1v) is 7.44. The molecule has 106 valence electrons. The fourth-order valence-electron chi connectivity index (χ4n) is 2.62. The van der Waals surface area contributed by atoms with Crippen LogP contribution < -0.4 is 10.2 Å². The van der Waals surface area contributed by atoms with E-state index >= 15 is 0 Å². The highest BCUT2D eigenvalue weighted by atomic mass is 19.1. The van der Waals surface area contributed by atoms with Gasteiger partial charge >= 0.3 is 0 Å². The van der Waals surface area contributed by atoms with Crippen LogP contribution in [0.4, 0.5) is 10.1 Å². The van der Waals surface area contributed by atoms with Gasteiger partial charge in [0.1, 0.15) is 5.82 Å². The van der Waals surface area contributed by atoms with Crippen molar-refractivity contribution < 1.29 is 4.39 Å². The molecule has 3 heteroatoms. The van der Waals surface area contributed by atoms with E-state index in [0.717, 1.165) is 36.8 Å². The molecule has 1 atom stereocenters. The molecule has 0 saturated heterocycles. The van der Waals surface area contributed by atoms with E-state index in [0.29, 0.717) is 0 Å². The lowest BCUT2D eigenvalue weighted by Crippen LogP contribution is -2.29. The molecule has 0 heterocycles. The standard InChI is InChI=1S/C16H25FN2/c1-4-18-12(3)14-7-6-8-15(17)16(14)19(5-2)11-13-9-10-13/h6-8,12-13,18H,4-5,9-11H2,1-3H3. The van der Waals surface area contributed by atoms with Gasteiger partial charge in [0.2, 0.25) is 0 Å². The quantitative estimate of drug-likeness (QED) is 0.807. The summed E-state index contributed by atoms with van der Waals surface area (Å²) in [5.41, 5.74) is 1.87.